The Morgan fingerprint density at radius 3 is 2.10 bits per heavy atom. The molecule has 3 aromatic rings. The number of rotatable bonds is 7. The van der Waals surface area contributed by atoms with Crippen LogP contribution in [0.4, 0.5) is 15.8 Å². The lowest BCUT2D eigenvalue weighted by atomic mass is 10.2. The molecule has 0 aliphatic carbocycles. The zero-order valence-electron chi connectivity index (χ0n) is 16.0. The maximum atomic E-state index is 13.0. The van der Waals surface area contributed by atoms with Crippen LogP contribution in [0.5, 0.6) is 5.75 Å². The second kappa shape index (κ2) is 9.23. The van der Waals surface area contributed by atoms with Crippen LogP contribution in [0.15, 0.2) is 83.8 Å². The Labute approximate surface area is 174 Å². The van der Waals surface area contributed by atoms with Gasteiger partial charge < -0.3 is 10.1 Å². The van der Waals surface area contributed by atoms with Gasteiger partial charge in [-0.25, -0.2) is 12.8 Å². The summed E-state index contributed by atoms with van der Waals surface area (Å²) in [6.07, 6.45) is 3.03. The van der Waals surface area contributed by atoms with Gasteiger partial charge in [-0.3, -0.25) is 9.52 Å². The molecule has 3 rings (SSSR count). The van der Waals surface area contributed by atoms with Gasteiger partial charge in [0.2, 0.25) is 5.91 Å². The molecule has 0 saturated carbocycles. The number of anilines is 2. The van der Waals surface area contributed by atoms with Crippen LogP contribution in [-0.2, 0) is 14.8 Å². The molecular formula is C22H19FN2O4S. The molecule has 0 aliphatic rings. The Bertz CT molecular complexity index is 1140. The third kappa shape index (κ3) is 5.68. The largest absolute Gasteiger partial charge is 0.497 e. The highest BCUT2D eigenvalue weighted by atomic mass is 32.2. The van der Waals surface area contributed by atoms with Gasteiger partial charge in [-0.1, -0.05) is 12.1 Å². The maximum Gasteiger partial charge on any atom is 0.261 e. The molecule has 0 fully saturated rings. The first-order valence-corrected chi connectivity index (χ1v) is 10.4. The van der Waals surface area contributed by atoms with Gasteiger partial charge in [0, 0.05) is 17.5 Å². The summed E-state index contributed by atoms with van der Waals surface area (Å²) in [4.78, 5) is 12.1. The number of carbonyl (C=O) groups is 1. The molecule has 0 bridgehead atoms. The number of ether oxygens (including phenoxy) is 1. The van der Waals surface area contributed by atoms with Crippen molar-refractivity contribution in [1.29, 1.82) is 0 Å². The van der Waals surface area contributed by atoms with Crippen LogP contribution < -0.4 is 14.8 Å². The van der Waals surface area contributed by atoms with E-state index in [1.165, 1.54) is 42.5 Å². The minimum atomic E-state index is -3.83. The molecule has 0 heterocycles. The molecule has 0 aliphatic heterocycles. The summed E-state index contributed by atoms with van der Waals surface area (Å²) < 4.78 is 45.2. The number of methoxy groups -OCH3 is 1. The summed E-state index contributed by atoms with van der Waals surface area (Å²) in [7, 11) is -2.26. The van der Waals surface area contributed by atoms with Crippen molar-refractivity contribution < 1.29 is 22.3 Å². The highest BCUT2D eigenvalue weighted by molar-refractivity contribution is 7.92. The van der Waals surface area contributed by atoms with Crippen LogP contribution in [-0.4, -0.2) is 21.4 Å². The van der Waals surface area contributed by atoms with Crippen molar-refractivity contribution in [2.45, 2.75) is 4.90 Å². The third-order valence-electron chi connectivity index (χ3n) is 4.07. The zero-order valence-corrected chi connectivity index (χ0v) is 16.8. The van der Waals surface area contributed by atoms with E-state index in [4.69, 9.17) is 4.74 Å². The fraction of sp³-hybridized carbons (Fsp3) is 0.0455. The summed E-state index contributed by atoms with van der Waals surface area (Å²) >= 11 is 0. The van der Waals surface area contributed by atoms with E-state index in [1.54, 1.807) is 25.3 Å². The van der Waals surface area contributed by atoms with Gasteiger partial charge in [-0.2, -0.15) is 0 Å². The lowest BCUT2D eigenvalue weighted by Gasteiger charge is -2.09. The Morgan fingerprint density at radius 2 is 1.50 bits per heavy atom. The lowest BCUT2D eigenvalue weighted by molar-refractivity contribution is -0.111. The molecule has 8 heteroatoms. The molecule has 30 heavy (non-hydrogen) atoms. The Balaban J connectivity index is 1.62. The predicted molar refractivity (Wildman–Crippen MR) is 114 cm³/mol. The lowest BCUT2D eigenvalue weighted by Crippen LogP contribution is -2.13. The van der Waals surface area contributed by atoms with Crippen LogP contribution >= 0.6 is 0 Å². The molecule has 3 aromatic carbocycles. The van der Waals surface area contributed by atoms with Crippen molar-refractivity contribution >= 4 is 33.4 Å². The number of benzene rings is 3. The number of hydrogen-bond acceptors (Lipinski definition) is 4. The average molecular weight is 426 g/mol. The van der Waals surface area contributed by atoms with E-state index in [-0.39, 0.29) is 16.5 Å². The Kier molecular flexibility index (Phi) is 6.48. The third-order valence-corrected chi connectivity index (χ3v) is 5.47. The van der Waals surface area contributed by atoms with Gasteiger partial charge in [0.1, 0.15) is 11.6 Å². The molecule has 0 saturated heterocycles. The number of hydrogen-bond donors (Lipinski definition) is 2. The first-order valence-electron chi connectivity index (χ1n) is 8.87. The number of amides is 1. The number of carbonyl (C=O) groups excluding carboxylic acids is 1. The molecule has 0 atom stereocenters. The average Bonchev–Trinajstić information content (AvgIpc) is 2.74. The highest BCUT2D eigenvalue weighted by Gasteiger charge is 2.14. The second-order valence-corrected chi connectivity index (χ2v) is 7.91. The fourth-order valence-electron chi connectivity index (χ4n) is 2.52. The van der Waals surface area contributed by atoms with E-state index < -0.39 is 15.8 Å². The van der Waals surface area contributed by atoms with Crippen molar-refractivity contribution in [2.75, 3.05) is 17.1 Å². The van der Waals surface area contributed by atoms with Gasteiger partial charge in [0.05, 0.1) is 12.0 Å². The minimum Gasteiger partial charge on any atom is -0.497 e. The monoisotopic (exact) mass is 426 g/mol. The Hall–Kier alpha value is -3.65. The van der Waals surface area contributed by atoms with Gasteiger partial charge in [-0.05, 0) is 72.3 Å². The predicted octanol–water partition coefficient (Wildman–Crippen LogP) is 4.29. The molecule has 154 valence electrons. The van der Waals surface area contributed by atoms with E-state index in [0.29, 0.717) is 5.69 Å². The van der Waals surface area contributed by atoms with Crippen molar-refractivity contribution in [2.24, 2.45) is 0 Å². The summed E-state index contributed by atoms with van der Waals surface area (Å²) in [5.41, 5.74) is 1.52. The summed E-state index contributed by atoms with van der Waals surface area (Å²) in [5, 5.41) is 2.66. The van der Waals surface area contributed by atoms with Gasteiger partial charge in [-0.15, -0.1) is 0 Å². The standard InChI is InChI=1S/C22H19FN2O4S/c1-29-20-11-2-16(3-12-20)4-15-22(26)24-18-9-13-21(14-10-18)30(27,28)25-19-7-5-17(23)6-8-19/h2-15,25H,1H3,(H,24,26)/b15-4+. The van der Waals surface area contributed by atoms with Crippen molar-refractivity contribution in [3.63, 3.8) is 0 Å². The van der Waals surface area contributed by atoms with Crippen molar-refractivity contribution in [3.8, 4) is 5.75 Å². The fourth-order valence-corrected chi connectivity index (χ4v) is 3.58. The first-order chi connectivity index (χ1) is 14.4. The SMILES string of the molecule is COc1ccc(/C=C/C(=O)Nc2ccc(S(=O)(=O)Nc3ccc(F)cc3)cc2)cc1. The van der Waals surface area contributed by atoms with E-state index in [0.717, 1.165) is 23.4 Å². The molecule has 0 radical (unpaired) electrons. The molecule has 1 amide bonds. The van der Waals surface area contributed by atoms with Crippen LogP contribution in [0, 0.1) is 5.82 Å². The first kappa shape index (κ1) is 21.1. The van der Waals surface area contributed by atoms with Crippen LogP contribution in [0.1, 0.15) is 5.56 Å². The smallest absolute Gasteiger partial charge is 0.261 e. The number of nitrogens with one attached hydrogen (secondary N) is 2. The van der Waals surface area contributed by atoms with E-state index in [1.807, 2.05) is 12.1 Å². The van der Waals surface area contributed by atoms with Gasteiger partial charge in [0.25, 0.3) is 10.0 Å². The minimum absolute atomic E-state index is 0.0126. The van der Waals surface area contributed by atoms with E-state index in [2.05, 4.69) is 10.0 Å². The number of sulfonamides is 1. The molecular weight excluding hydrogens is 407 g/mol. The quantitative estimate of drug-likeness (QED) is 0.552. The van der Waals surface area contributed by atoms with Crippen LogP contribution in [0.2, 0.25) is 0 Å². The Morgan fingerprint density at radius 1 is 0.900 bits per heavy atom. The zero-order chi connectivity index (χ0) is 21.6. The molecule has 0 aromatic heterocycles. The normalized spacial score (nSPS) is 11.3. The second-order valence-electron chi connectivity index (χ2n) is 6.23. The molecule has 0 spiro atoms. The molecule has 0 unspecified atom stereocenters. The molecule has 2 N–H and O–H groups in total. The summed E-state index contributed by atoms with van der Waals surface area (Å²) in [6, 6.07) is 17.9. The maximum absolute atomic E-state index is 13.0. The summed E-state index contributed by atoms with van der Waals surface area (Å²) in [6.45, 7) is 0. The van der Waals surface area contributed by atoms with Crippen LogP contribution in [0.3, 0.4) is 0 Å². The topological polar surface area (TPSA) is 84.5 Å². The van der Waals surface area contributed by atoms with Gasteiger partial charge in [0.15, 0.2) is 0 Å². The summed E-state index contributed by atoms with van der Waals surface area (Å²) in [5.74, 6) is -0.0921. The number of halogens is 1. The van der Waals surface area contributed by atoms with E-state index in [9.17, 15) is 17.6 Å². The van der Waals surface area contributed by atoms with E-state index >= 15 is 0 Å². The highest BCUT2D eigenvalue weighted by Crippen LogP contribution is 2.19. The van der Waals surface area contributed by atoms with Gasteiger partial charge >= 0.3 is 0 Å². The van der Waals surface area contributed by atoms with Crippen LogP contribution in [0.25, 0.3) is 6.08 Å². The van der Waals surface area contributed by atoms with Crippen molar-refractivity contribution in [1.82, 2.24) is 0 Å². The van der Waals surface area contributed by atoms with Crippen molar-refractivity contribution in [3.05, 3.63) is 90.3 Å². The molecule has 6 nitrogen and oxygen atoms in total.